The highest BCUT2D eigenvalue weighted by Gasteiger charge is 2.51. The molecule has 5 rings (SSSR count). The maximum absolute atomic E-state index is 11.7. The van der Waals surface area contributed by atoms with Gasteiger partial charge in [-0.1, -0.05) is 50.0 Å². The lowest BCUT2D eigenvalue weighted by Gasteiger charge is -2.48. The summed E-state index contributed by atoms with van der Waals surface area (Å²) in [6.07, 6.45) is -0.0534. The second-order valence-electron chi connectivity index (χ2n) is 9.80. The number of likely N-dealkylation sites (tertiary alicyclic amines) is 1. The molecule has 0 saturated carbocycles. The first-order valence-corrected chi connectivity index (χ1v) is 11.4. The molecular formula is C24H26Cl2N2O3. The summed E-state index contributed by atoms with van der Waals surface area (Å²) < 4.78 is 6.32. The number of rotatable bonds is 1. The van der Waals surface area contributed by atoms with Crippen molar-refractivity contribution < 1.29 is 14.6 Å². The summed E-state index contributed by atoms with van der Waals surface area (Å²) in [4.78, 5) is 15.8. The number of benzene rings is 2. The number of piperidine rings is 1. The van der Waals surface area contributed by atoms with Gasteiger partial charge in [-0.3, -0.25) is 0 Å². The molecule has 1 fully saturated rings. The lowest BCUT2D eigenvalue weighted by molar-refractivity contribution is 0.119. The third-order valence-corrected chi connectivity index (χ3v) is 7.58. The number of nitrogens with zero attached hydrogens (tertiary/aromatic N) is 2. The Hall–Kier alpha value is -2.11. The van der Waals surface area contributed by atoms with Crippen LogP contribution in [0.3, 0.4) is 0 Å². The molecule has 3 aliphatic heterocycles. The first-order chi connectivity index (χ1) is 14.7. The number of hydrogen-bond donors (Lipinski definition) is 1. The van der Waals surface area contributed by atoms with Gasteiger partial charge < -0.3 is 19.6 Å². The number of carbonyl (C=O) groups is 1. The van der Waals surface area contributed by atoms with E-state index in [2.05, 4.69) is 31.7 Å². The summed E-state index contributed by atoms with van der Waals surface area (Å²) in [6, 6.07) is 10.2. The SMILES string of the molecule is CC(C)(C)C1COc2cc(-c3c(Cl)cccc3Cl)cc3c2N1[C@H]1CCN(C(=O)O)C[C@@H]31. The zero-order valence-corrected chi connectivity index (χ0v) is 19.4. The molecule has 0 aromatic heterocycles. The zero-order valence-electron chi connectivity index (χ0n) is 17.9. The Morgan fingerprint density at radius 2 is 1.90 bits per heavy atom. The quantitative estimate of drug-likeness (QED) is 0.556. The van der Waals surface area contributed by atoms with Gasteiger partial charge >= 0.3 is 6.09 Å². The number of fused-ring (bicyclic) bond motifs is 3. The summed E-state index contributed by atoms with van der Waals surface area (Å²) in [7, 11) is 0. The van der Waals surface area contributed by atoms with Crippen LogP contribution in [0.25, 0.3) is 11.1 Å². The predicted molar refractivity (Wildman–Crippen MR) is 124 cm³/mol. The van der Waals surface area contributed by atoms with Gasteiger partial charge in [0.05, 0.1) is 11.7 Å². The predicted octanol–water partition coefficient (Wildman–Crippen LogP) is 6.12. The Labute approximate surface area is 192 Å². The number of halogens is 2. The molecule has 1 saturated heterocycles. The molecule has 0 aliphatic carbocycles. The Morgan fingerprint density at radius 1 is 1.19 bits per heavy atom. The van der Waals surface area contributed by atoms with Gasteiger partial charge in [-0.15, -0.1) is 0 Å². The molecular weight excluding hydrogens is 435 g/mol. The Bertz CT molecular complexity index is 1050. The fourth-order valence-corrected chi connectivity index (χ4v) is 6.05. The second-order valence-corrected chi connectivity index (χ2v) is 10.6. The Kier molecular flexibility index (Phi) is 4.83. The van der Waals surface area contributed by atoms with E-state index < -0.39 is 6.09 Å². The lowest BCUT2D eigenvalue weighted by atomic mass is 9.83. The van der Waals surface area contributed by atoms with Crippen molar-refractivity contribution in [3.63, 3.8) is 0 Å². The van der Waals surface area contributed by atoms with Gasteiger partial charge in [-0.2, -0.15) is 0 Å². The summed E-state index contributed by atoms with van der Waals surface area (Å²) >= 11 is 13.0. The van der Waals surface area contributed by atoms with Crippen molar-refractivity contribution in [2.24, 2.45) is 5.41 Å². The van der Waals surface area contributed by atoms with Crippen molar-refractivity contribution in [3.8, 4) is 16.9 Å². The normalized spacial score (nSPS) is 24.5. The molecule has 164 valence electrons. The van der Waals surface area contributed by atoms with Gasteiger partial charge in [-0.05, 0) is 47.2 Å². The van der Waals surface area contributed by atoms with Crippen molar-refractivity contribution in [3.05, 3.63) is 45.9 Å². The minimum Gasteiger partial charge on any atom is -0.489 e. The van der Waals surface area contributed by atoms with Gasteiger partial charge in [0.2, 0.25) is 0 Å². The monoisotopic (exact) mass is 460 g/mol. The molecule has 5 nitrogen and oxygen atoms in total. The highest BCUT2D eigenvalue weighted by molar-refractivity contribution is 6.39. The number of hydrogen-bond acceptors (Lipinski definition) is 3. The molecule has 3 aliphatic rings. The lowest BCUT2D eigenvalue weighted by Crippen LogP contribution is -2.56. The first-order valence-electron chi connectivity index (χ1n) is 10.7. The van der Waals surface area contributed by atoms with Crippen LogP contribution in [0.4, 0.5) is 10.5 Å². The Morgan fingerprint density at radius 3 is 2.55 bits per heavy atom. The fraction of sp³-hybridized carbons (Fsp3) is 0.458. The van der Waals surface area contributed by atoms with Crippen molar-refractivity contribution in [1.82, 2.24) is 4.90 Å². The van der Waals surface area contributed by atoms with Crippen LogP contribution in [0.5, 0.6) is 5.75 Å². The van der Waals surface area contributed by atoms with Gasteiger partial charge in [0.1, 0.15) is 12.4 Å². The molecule has 31 heavy (non-hydrogen) atoms. The third kappa shape index (κ3) is 3.25. The van der Waals surface area contributed by atoms with Crippen LogP contribution < -0.4 is 9.64 Å². The highest BCUT2D eigenvalue weighted by atomic mass is 35.5. The topological polar surface area (TPSA) is 53.0 Å². The van der Waals surface area contributed by atoms with E-state index in [0.29, 0.717) is 29.7 Å². The van der Waals surface area contributed by atoms with Crippen LogP contribution in [0, 0.1) is 5.41 Å². The van der Waals surface area contributed by atoms with Gasteiger partial charge in [0.25, 0.3) is 0 Å². The van der Waals surface area contributed by atoms with Gasteiger partial charge in [0, 0.05) is 40.7 Å². The van der Waals surface area contributed by atoms with Gasteiger partial charge in [0.15, 0.2) is 0 Å². The van der Waals surface area contributed by atoms with E-state index in [4.69, 9.17) is 27.9 Å². The molecule has 0 bridgehead atoms. The van der Waals surface area contributed by atoms with Crippen molar-refractivity contribution >= 4 is 35.0 Å². The zero-order chi connectivity index (χ0) is 22.1. The highest BCUT2D eigenvalue weighted by Crippen LogP contribution is 2.55. The Balaban J connectivity index is 1.69. The maximum Gasteiger partial charge on any atom is 0.407 e. The average Bonchev–Trinajstić information content (AvgIpc) is 3.02. The number of amides is 1. The van der Waals surface area contributed by atoms with E-state index in [9.17, 15) is 9.90 Å². The van der Waals surface area contributed by atoms with Crippen LogP contribution in [0.2, 0.25) is 10.0 Å². The molecule has 0 radical (unpaired) electrons. The summed E-state index contributed by atoms with van der Waals surface area (Å²) in [5.74, 6) is 0.923. The molecule has 2 aromatic rings. The van der Waals surface area contributed by atoms with Crippen molar-refractivity contribution in [2.75, 3.05) is 24.6 Å². The first kappa shape index (κ1) is 20.8. The number of carboxylic acid groups (broad SMARTS) is 1. The fourth-order valence-electron chi connectivity index (χ4n) is 5.44. The molecule has 1 N–H and O–H groups in total. The molecule has 1 amide bonds. The van der Waals surface area contributed by atoms with Crippen LogP contribution in [0.15, 0.2) is 30.3 Å². The average molecular weight is 461 g/mol. The summed E-state index contributed by atoms with van der Waals surface area (Å²) in [5.41, 5.74) is 3.96. The molecule has 2 aromatic carbocycles. The smallest absolute Gasteiger partial charge is 0.407 e. The van der Waals surface area contributed by atoms with E-state index in [1.807, 2.05) is 24.3 Å². The standard InChI is InChI=1S/C24H26Cl2N2O3/c1-24(2,3)20-12-31-19-10-13(21-16(25)5-4-6-17(21)26)9-14-15-11-27(23(29)30)8-7-18(15)28(20)22(14)19/h4-6,9-10,15,18,20H,7-8,11-12H2,1-3H3,(H,29,30)/t15-,18-,20?/m0/s1. The van der Waals surface area contributed by atoms with Crippen molar-refractivity contribution in [2.45, 2.75) is 45.2 Å². The van der Waals surface area contributed by atoms with E-state index in [1.165, 1.54) is 4.90 Å². The number of ether oxygens (including phenoxy) is 1. The molecule has 1 unspecified atom stereocenters. The van der Waals surface area contributed by atoms with E-state index in [1.54, 1.807) is 0 Å². The van der Waals surface area contributed by atoms with Gasteiger partial charge in [-0.25, -0.2) is 4.79 Å². The van der Waals surface area contributed by atoms with Crippen LogP contribution in [-0.4, -0.2) is 47.9 Å². The van der Waals surface area contributed by atoms with Crippen molar-refractivity contribution in [1.29, 1.82) is 0 Å². The number of anilines is 1. The van der Waals surface area contributed by atoms with Crippen LogP contribution in [0.1, 0.15) is 38.7 Å². The van der Waals surface area contributed by atoms with E-state index >= 15 is 0 Å². The summed E-state index contributed by atoms with van der Waals surface area (Å²) in [5, 5.41) is 10.8. The largest absolute Gasteiger partial charge is 0.489 e. The van der Waals surface area contributed by atoms with E-state index in [-0.39, 0.29) is 23.4 Å². The third-order valence-electron chi connectivity index (χ3n) is 6.95. The minimum atomic E-state index is -0.859. The maximum atomic E-state index is 11.7. The van der Waals surface area contributed by atoms with Crippen LogP contribution in [-0.2, 0) is 0 Å². The molecule has 3 heterocycles. The van der Waals surface area contributed by atoms with Crippen LogP contribution >= 0.6 is 23.2 Å². The minimum absolute atomic E-state index is 0.0263. The summed E-state index contributed by atoms with van der Waals surface area (Å²) in [6.45, 7) is 8.36. The molecule has 0 spiro atoms. The van der Waals surface area contributed by atoms with E-state index in [0.717, 1.165) is 34.5 Å². The molecule has 7 heteroatoms. The second kappa shape index (κ2) is 7.21. The molecule has 3 atom stereocenters.